The number of hydrogen-bond donors (Lipinski definition) is 3. The van der Waals surface area contributed by atoms with E-state index in [1.54, 1.807) is 39.9 Å². The van der Waals surface area contributed by atoms with Crippen molar-refractivity contribution in [2.24, 2.45) is 5.92 Å². The van der Waals surface area contributed by atoms with Crippen LogP contribution in [0.4, 0.5) is 5.95 Å². The van der Waals surface area contributed by atoms with Crippen molar-refractivity contribution in [1.82, 2.24) is 19.2 Å². The third-order valence-electron chi connectivity index (χ3n) is 6.20. The minimum Gasteiger partial charge on any atom is -0.341 e. The van der Waals surface area contributed by atoms with Crippen LogP contribution in [0.5, 0.6) is 0 Å². The molecular weight excluding hydrogens is 442 g/mol. The van der Waals surface area contributed by atoms with E-state index in [1.165, 1.54) is 6.20 Å². The Hall–Kier alpha value is -2.95. The maximum Gasteiger partial charge on any atom is 0.241 e. The largest absolute Gasteiger partial charge is 0.341 e. The molecule has 1 aliphatic heterocycles. The first-order valence-corrected chi connectivity index (χ1v) is 12.6. The lowest BCUT2D eigenvalue weighted by Crippen LogP contribution is -2.50. The fourth-order valence-electron chi connectivity index (χ4n) is 4.23. The van der Waals surface area contributed by atoms with E-state index in [4.69, 9.17) is 0 Å². The van der Waals surface area contributed by atoms with Gasteiger partial charge in [0.15, 0.2) is 0 Å². The van der Waals surface area contributed by atoms with Crippen LogP contribution in [0.25, 0.3) is 10.8 Å². The standard InChI is InChI=1S/C23H29N5O4S/c1-17-9-13-27(14-10-17)22(29)20(11-15-28-16-12-24-23(28)25-30)26-33(31,32)21-8-4-6-18-5-2-3-7-19(18)21/h2-8,12,16-17,20,26,30H,9-11,13-15H2,1H3,(H,24,25). The second-order valence-corrected chi connectivity index (χ2v) is 10.2. The van der Waals surface area contributed by atoms with Crippen LogP contribution < -0.4 is 10.2 Å². The molecule has 4 rings (SSSR count). The number of aryl methyl sites for hydroxylation is 1. The zero-order valence-corrected chi connectivity index (χ0v) is 19.3. The summed E-state index contributed by atoms with van der Waals surface area (Å²) in [6, 6.07) is 11.4. The van der Waals surface area contributed by atoms with E-state index in [9.17, 15) is 18.4 Å². The zero-order valence-electron chi connectivity index (χ0n) is 18.5. The van der Waals surface area contributed by atoms with E-state index in [2.05, 4.69) is 16.6 Å². The van der Waals surface area contributed by atoms with Crippen molar-refractivity contribution in [3.8, 4) is 0 Å². The van der Waals surface area contributed by atoms with Crippen LogP contribution in [-0.2, 0) is 21.4 Å². The van der Waals surface area contributed by atoms with Crippen molar-refractivity contribution < 1.29 is 18.4 Å². The number of aromatic nitrogens is 2. The van der Waals surface area contributed by atoms with Crippen LogP contribution in [0, 0.1) is 5.92 Å². The molecule has 0 spiro atoms. The van der Waals surface area contributed by atoms with Crippen LogP contribution >= 0.6 is 0 Å². The number of carbonyl (C=O) groups excluding carboxylic acids is 1. The number of nitrogens with zero attached hydrogens (tertiary/aromatic N) is 3. The highest BCUT2D eigenvalue weighted by Crippen LogP contribution is 2.24. The minimum atomic E-state index is -3.97. The number of hydrogen-bond acceptors (Lipinski definition) is 6. The molecule has 0 radical (unpaired) electrons. The number of carbonyl (C=O) groups is 1. The molecule has 1 atom stereocenters. The third kappa shape index (κ3) is 5.18. The number of sulfonamides is 1. The van der Waals surface area contributed by atoms with Crippen molar-refractivity contribution in [1.29, 1.82) is 0 Å². The van der Waals surface area contributed by atoms with Gasteiger partial charge in [-0.1, -0.05) is 43.3 Å². The first kappa shape index (κ1) is 23.2. The molecule has 3 N–H and O–H groups in total. The Labute approximate surface area is 193 Å². The molecule has 0 aliphatic carbocycles. The van der Waals surface area contributed by atoms with Crippen molar-refractivity contribution in [3.05, 3.63) is 54.9 Å². The lowest BCUT2D eigenvalue weighted by atomic mass is 9.98. The fraction of sp³-hybridized carbons (Fsp3) is 0.391. The van der Waals surface area contributed by atoms with E-state index >= 15 is 0 Å². The van der Waals surface area contributed by atoms with Crippen LogP contribution in [0.15, 0.2) is 59.8 Å². The normalized spacial score (nSPS) is 16.1. The molecule has 10 heteroatoms. The number of nitrogens with one attached hydrogen (secondary N) is 2. The van der Waals surface area contributed by atoms with Gasteiger partial charge in [0, 0.05) is 37.4 Å². The molecule has 1 fully saturated rings. The molecule has 1 aromatic heterocycles. The Kier molecular flexibility index (Phi) is 6.96. The molecule has 2 heterocycles. The first-order chi connectivity index (χ1) is 15.9. The van der Waals surface area contributed by atoms with Gasteiger partial charge in [0.2, 0.25) is 21.9 Å². The molecule has 1 unspecified atom stereocenters. The summed E-state index contributed by atoms with van der Waals surface area (Å²) >= 11 is 0. The maximum absolute atomic E-state index is 13.4. The van der Waals surface area contributed by atoms with Crippen LogP contribution in [0.1, 0.15) is 26.2 Å². The van der Waals surface area contributed by atoms with Crippen molar-refractivity contribution in [2.75, 3.05) is 18.6 Å². The summed E-state index contributed by atoms with van der Waals surface area (Å²) in [5, 5.41) is 10.6. The average molecular weight is 472 g/mol. The third-order valence-corrected chi connectivity index (χ3v) is 7.73. The number of benzene rings is 2. The van der Waals surface area contributed by atoms with Gasteiger partial charge in [-0.15, -0.1) is 0 Å². The van der Waals surface area contributed by atoms with Gasteiger partial charge in [-0.25, -0.2) is 18.9 Å². The van der Waals surface area contributed by atoms with Gasteiger partial charge < -0.3 is 9.47 Å². The summed E-state index contributed by atoms with van der Waals surface area (Å²) in [6.07, 6.45) is 5.17. The fourth-order valence-corrected chi connectivity index (χ4v) is 5.69. The van der Waals surface area contributed by atoms with E-state index in [-0.39, 0.29) is 23.2 Å². The molecule has 1 aliphatic rings. The van der Waals surface area contributed by atoms with Gasteiger partial charge in [-0.05, 0) is 36.6 Å². The Morgan fingerprint density at radius 3 is 2.67 bits per heavy atom. The summed E-state index contributed by atoms with van der Waals surface area (Å²) < 4.78 is 31.2. The summed E-state index contributed by atoms with van der Waals surface area (Å²) in [6.45, 7) is 3.68. The monoisotopic (exact) mass is 471 g/mol. The summed E-state index contributed by atoms with van der Waals surface area (Å²) in [5.41, 5.74) is 2.01. The molecule has 1 amide bonds. The number of rotatable bonds is 8. The average Bonchev–Trinajstić information content (AvgIpc) is 3.29. The Bertz CT molecular complexity index is 1210. The van der Waals surface area contributed by atoms with E-state index in [0.717, 1.165) is 18.2 Å². The molecule has 0 saturated carbocycles. The van der Waals surface area contributed by atoms with Crippen LogP contribution in [-0.4, -0.2) is 53.1 Å². The van der Waals surface area contributed by atoms with E-state index in [0.29, 0.717) is 30.9 Å². The predicted octanol–water partition coefficient (Wildman–Crippen LogP) is 2.83. The summed E-state index contributed by atoms with van der Waals surface area (Å²) in [4.78, 5) is 19.3. The smallest absolute Gasteiger partial charge is 0.241 e. The topological polar surface area (TPSA) is 117 Å². The second kappa shape index (κ2) is 9.90. The van der Waals surface area contributed by atoms with Gasteiger partial charge >= 0.3 is 0 Å². The molecule has 9 nitrogen and oxygen atoms in total. The predicted molar refractivity (Wildman–Crippen MR) is 125 cm³/mol. The van der Waals surface area contributed by atoms with Crippen LogP contribution in [0.3, 0.4) is 0 Å². The van der Waals surface area contributed by atoms with E-state index in [1.807, 2.05) is 23.7 Å². The minimum absolute atomic E-state index is 0.144. The van der Waals surface area contributed by atoms with E-state index < -0.39 is 16.1 Å². The zero-order chi connectivity index (χ0) is 23.4. The quantitative estimate of drug-likeness (QED) is 0.435. The number of anilines is 1. The van der Waals surface area contributed by atoms with Gasteiger partial charge in [0.05, 0.1) is 4.90 Å². The molecular formula is C23H29N5O4S. The highest BCUT2D eigenvalue weighted by molar-refractivity contribution is 7.89. The lowest BCUT2D eigenvalue weighted by Gasteiger charge is -2.33. The second-order valence-electron chi connectivity index (χ2n) is 8.50. The van der Waals surface area contributed by atoms with Gasteiger partial charge in [-0.2, -0.15) is 4.72 Å². The highest BCUT2D eigenvalue weighted by Gasteiger charge is 2.31. The molecule has 33 heavy (non-hydrogen) atoms. The Balaban J connectivity index is 1.61. The van der Waals surface area contributed by atoms with Crippen molar-refractivity contribution >= 4 is 32.7 Å². The Morgan fingerprint density at radius 2 is 1.91 bits per heavy atom. The number of amides is 1. The lowest BCUT2D eigenvalue weighted by molar-refractivity contribution is -0.134. The molecule has 2 aromatic carbocycles. The molecule has 176 valence electrons. The Morgan fingerprint density at radius 1 is 1.18 bits per heavy atom. The van der Waals surface area contributed by atoms with Crippen molar-refractivity contribution in [2.45, 2.75) is 43.7 Å². The highest BCUT2D eigenvalue weighted by atomic mass is 32.2. The number of piperidine rings is 1. The number of imidazole rings is 1. The molecule has 0 bridgehead atoms. The SMILES string of the molecule is CC1CCN(C(=O)C(CCn2ccnc2NO)NS(=O)(=O)c2cccc3ccccc23)CC1. The van der Waals surface area contributed by atoms with Crippen LogP contribution in [0.2, 0.25) is 0 Å². The molecule has 1 saturated heterocycles. The van der Waals surface area contributed by atoms with Crippen molar-refractivity contribution in [3.63, 3.8) is 0 Å². The summed E-state index contributed by atoms with van der Waals surface area (Å²) in [5.74, 6) is 0.540. The molecule has 3 aromatic rings. The maximum atomic E-state index is 13.4. The number of likely N-dealkylation sites (tertiary alicyclic amines) is 1. The van der Waals surface area contributed by atoms with Gasteiger partial charge in [0.25, 0.3) is 0 Å². The summed E-state index contributed by atoms with van der Waals surface area (Å²) in [7, 11) is -3.97. The number of fused-ring (bicyclic) bond motifs is 1. The first-order valence-electron chi connectivity index (χ1n) is 11.1. The van der Waals surface area contributed by atoms with Gasteiger partial charge in [0.1, 0.15) is 6.04 Å². The van der Waals surface area contributed by atoms with Gasteiger partial charge in [-0.3, -0.25) is 10.0 Å².